The minimum absolute atomic E-state index is 0.161. The lowest BCUT2D eigenvalue weighted by Gasteiger charge is -2.22. The van der Waals surface area contributed by atoms with E-state index in [0.717, 1.165) is 16.2 Å². The molecular formula is C17H15ClN4O4S. The summed E-state index contributed by atoms with van der Waals surface area (Å²) in [6.07, 6.45) is 0. The first-order valence-electron chi connectivity index (χ1n) is 7.79. The Kier molecular flexibility index (Phi) is 4.90. The smallest absolute Gasteiger partial charge is 0.325 e. The molecule has 1 aliphatic rings. The summed E-state index contributed by atoms with van der Waals surface area (Å²) in [7, 11) is 0. The number of carbonyl (C=O) groups is 4. The van der Waals surface area contributed by atoms with Crippen molar-refractivity contribution in [1.82, 2.24) is 10.2 Å². The minimum Gasteiger partial charge on any atom is -0.366 e. The zero-order valence-corrected chi connectivity index (χ0v) is 15.7. The highest BCUT2D eigenvalue weighted by atomic mass is 35.5. The van der Waals surface area contributed by atoms with Gasteiger partial charge in [0, 0.05) is 5.02 Å². The molecule has 1 aliphatic heterocycles. The molecule has 1 fully saturated rings. The van der Waals surface area contributed by atoms with Crippen LogP contribution in [0.15, 0.2) is 35.7 Å². The molecule has 1 aromatic carbocycles. The third-order valence-corrected chi connectivity index (χ3v) is 5.23. The maximum absolute atomic E-state index is 12.8. The van der Waals surface area contributed by atoms with Gasteiger partial charge in [-0.05, 0) is 36.1 Å². The van der Waals surface area contributed by atoms with Gasteiger partial charge in [0.1, 0.15) is 17.1 Å². The standard InChI is InChI=1S/C17H15ClN4O4S/c1-17(9-3-2-4-10(18)7-9)15(25)22(16(26)21-17)8-12(23)20-14-11(13(19)24)5-6-27-14/h2-7H,8H2,1H3,(H2,19,24)(H,20,23)(H,21,26). The Balaban J connectivity index is 1.76. The molecule has 0 radical (unpaired) electrons. The van der Waals surface area contributed by atoms with Crippen LogP contribution >= 0.6 is 22.9 Å². The molecule has 1 atom stereocenters. The van der Waals surface area contributed by atoms with Gasteiger partial charge in [-0.25, -0.2) is 4.79 Å². The predicted molar refractivity (Wildman–Crippen MR) is 101 cm³/mol. The average molecular weight is 407 g/mol. The lowest BCUT2D eigenvalue weighted by molar-refractivity contribution is -0.133. The molecule has 27 heavy (non-hydrogen) atoms. The van der Waals surface area contributed by atoms with E-state index in [1.165, 1.54) is 6.07 Å². The molecule has 4 N–H and O–H groups in total. The fraction of sp³-hybridized carbons (Fsp3) is 0.176. The van der Waals surface area contributed by atoms with Gasteiger partial charge in [-0.3, -0.25) is 19.3 Å². The van der Waals surface area contributed by atoms with Crippen LogP contribution < -0.4 is 16.4 Å². The maximum atomic E-state index is 12.8. The Hall–Kier alpha value is -2.91. The lowest BCUT2D eigenvalue weighted by Crippen LogP contribution is -2.42. The van der Waals surface area contributed by atoms with Crippen LogP contribution in [0.4, 0.5) is 9.80 Å². The van der Waals surface area contributed by atoms with Crippen molar-refractivity contribution in [3.8, 4) is 0 Å². The number of nitrogens with two attached hydrogens (primary N) is 1. The molecule has 0 bridgehead atoms. The monoisotopic (exact) mass is 406 g/mol. The van der Waals surface area contributed by atoms with Crippen molar-refractivity contribution in [1.29, 1.82) is 0 Å². The van der Waals surface area contributed by atoms with Gasteiger partial charge in [-0.2, -0.15) is 0 Å². The zero-order chi connectivity index (χ0) is 19.8. The Bertz CT molecular complexity index is 960. The molecular weight excluding hydrogens is 392 g/mol. The fourth-order valence-corrected chi connectivity index (χ4v) is 3.74. The number of halogens is 1. The molecule has 1 saturated heterocycles. The number of urea groups is 1. The largest absolute Gasteiger partial charge is 0.366 e. The molecule has 0 aliphatic carbocycles. The third kappa shape index (κ3) is 3.51. The van der Waals surface area contributed by atoms with Crippen LogP contribution in [0.2, 0.25) is 5.02 Å². The Morgan fingerprint density at radius 3 is 2.74 bits per heavy atom. The summed E-state index contributed by atoms with van der Waals surface area (Å²) in [5, 5.41) is 7.37. The first kappa shape index (κ1) is 18.9. The van der Waals surface area contributed by atoms with Crippen molar-refractivity contribution < 1.29 is 19.2 Å². The summed E-state index contributed by atoms with van der Waals surface area (Å²) in [5.41, 5.74) is 4.57. The lowest BCUT2D eigenvalue weighted by atomic mass is 9.92. The van der Waals surface area contributed by atoms with E-state index in [4.69, 9.17) is 17.3 Å². The molecule has 2 aromatic rings. The SMILES string of the molecule is CC1(c2cccc(Cl)c2)NC(=O)N(CC(=O)Nc2sccc2C(N)=O)C1=O. The van der Waals surface area contributed by atoms with Crippen LogP contribution in [0.3, 0.4) is 0 Å². The summed E-state index contributed by atoms with van der Waals surface area (Å²) in [6.45, 7) is 1.04. The van der Waals surface area contributed by atoms with E-state index in [9.17, 15) is 19.2 Å². The van der Waals surface area contributed by atoms with Gasteiger partial charge < -0.3 is 16.4 Å². The number of primary amides is 1. The van der Waals surface area contributed by atoms with Crippen molar-refractivity contribution in [3.63, 3.8) is 0 Å². The Morgan fingerprint density at radius 2 is 2.07 bits per heavy atom. The highest BCUT2D eigenvalue weighted by Crippen LogP contribution is 2.30. The first-order chi connectivity index (χ1) is 12.7. The summed E-state index contributed by atoms with van der Waals surface area (Å²) in [4.78, 5) is 49.5. The Morgan fingerprint density at radius 1 is 1.33 bits per heavy atom. The van der Waals surface area contributed by atoms with E-state index in [1.54, 1.807) is 36.6 Å². The second kappa shape index (κ2) is 7.01. The van der Waals surface area contributed by atoms with Crippen LogP contribution in [0.25, 0.3) is 0 Å². The number of nitrogens with one attached hydrogen (secondary N) is 2. The number of rotatable bonds is 5. The number of nitrogens with zero attached hydrogens (tertiary/aromatic N) is 1. The molecule has 8 nitrogen and oxygen atoms in total. The van der Waals surface area contributed by atoms with Crippen LogP contribution in [0.5, 0.6) is 0 Å². The molecule has 1 aromatic heterocycles. The second-order valence-electron chi connectivity index (χ2n) is 6.03. The summed E-state index contributed by atoms with van der Waals surface area (Å²) in [6, 6.07) is 7.34. The Labute approximate surface area is 163 Å². The van der Waals surface area contributed by atoms with E-state index in [-0.39, 0.29) is 10.6 Å². The number of imide groups is 1. The van der Waals surface area contributed by atoms with Gasteiger partial charge in [-0.15, -0.1) is 11.3 Å². The number of amides is 5. The average Bonchev–Trinajstić information content (AvgIpc) is 3.14. The molecule has 5 amide bonds. The van der Waals surface area contributed by atoms with Gasteiger partial charge in [0.2, 0.25) is 5.91 Å². The molecule has 10 heteroatoms. The van der Waals surface area contributed by atoms with E-state index >= 15 is 0 Å². The highest BCUT2D eigenvalue weighted by molar-refractivity contribution is 7.14. The molecule has 0 spiro atoms. The number of anilines is 1. The van der Waals surface area contributed by atoms with Crippen molar-refractivity contribution in [2.24, 2.45) is 5.73 Å². The molecule has 1 unspecified atom stereocenters. The number of thiophene rings is 1. The van der Waals surface area contributed by atoms with Gasteiger partial charge >= 0.3 is 6.03 Å². The normalized spacial score (nSPS) is 19.1. The highest BCUT2D eigenvalue weighted by Gasteiger charge is 2.49. The molecule has 140 valence electrons. The van der Waals surface area contributed by atoms with Gasteiger partial charge in [0.25, 0.3) is 11.8 Å². The molecule has 2 heterocycles. The van der Waals surface area contributed by atoms with E-state index in [0.29, 0.717) is 10.6 Å². The number of hydrogen-bond donors (Lipinski definition) is 3. The van der Waals surface area contributed by atoms with Gasteiger partial charge in [0.15, 0.2) is 0 Å². The van der Waals surface area contributed by atoms with Crippen molar-refractivity contribution in [2.45, 2.75) is 12.5 Å². The predicted octanol–water partition coefficient (Wildman–Crippen LogP) is 1.91. The van der Waals surface area contributed by atoms with E-state index in [1.807, 2.05) is 0 Å². The topological polar surface area (TPSA) is 122 Å². The molecule has 3 rings (SSSR count). The van der Waals surface area contributed by atoms with Crippen LogP contribution in [-0.4, -0.2) is 35.2 Å². The third-order valence-electron chi connectivity index (χ3n) is 4.16. The zero-order valence-electron chi connectivity index (χ0n) is 14.1. The van der Waals surface area contributed by atoms with Gasteiger partial charge in [-0.1, -0.05) is 23.7 Å². The summed E-state index contributed by atoms with van der Waals surface area (Å²) < 4.78 is 0. The van der Waals surface area contributed by atoms with Crippen LogP contribution in [-0.2, 0) is 15.1 Å². The number of hydrogen-bond acceptors (Lipinski definition) is 5. The second-order valence-corrected chi connectivity index (χ2v) is 7.39. The van der Waals surface area contributed by atoms with Crippen LogP contribution in [0, 0.1) is 0 Å². The first-order valence-corrected chi connectivity index (χ1v) is 9.05. The number of benzene rings is 1. The van der Waals surface area contributed by atoms with Crippen molar-refractivity contribution >= 4 is 51.7 Å². The van der Waals surface area contributed by atoms with Crippen molar-refractivity contribution in [2.75, 3.05) is 11.9 Å². The summed E-state index contributed by atoms with van der Waals surface area (Å²) in [5.74, 6) is -1.89. The van der Waals surface area contributed by atoms with Crippen LogP contribution in [0.1, 0.15) is 22.8 Å². The fourth-order valence-electron chi connectivity index (χ4n) is 2.75. The quantitative estimate of drug-likeness (QED) is 0.656. The van der Waals surface area contributed by atoms with Gasteiger partial charge in [0.05, 0.1) is 5.56 Å². The maximum Gasteiger partial charge on any atom is 0.325 e. The van der Waals surface area contributed by atoms with E-state index in [2.05, 4.69) is 10.6 Å². The summed E-state index contributed by atoms with van der Waals surface area (Å²) >= 11 is 7.08. The van der Waals surface area contributed by atoms with E-state index < -0.39 is 35.8 Å². The minimum atomic E-state index is -1.33. The molecule has 0 saturated carbocycles. The van der Waals surface area contributed by atoms with Crippen molar-refractivity contribution in [3.05, 3.63) is 51.9 Å². The number of carbonyl (C=O) groups excluding carboxylic acids is 4.